The van der Waals surface area contributed by atoms with Gasteiger partial charge < -0.3 is 0 Å². The van der Waals surface area contributed by atoms with Crippen LogP contribution in [0, 0.1) is 43.3 Å². The van der Waals surface area contributed by atoms with Gasteiger partial charge in [0.05, 0.1) is 17.5 Å². The van der Waals surface area contributed by atoms with Gasteiger partial charge >= 0.3 is 0 Å². The summed E-state index contributed by atoms with van der Waals surface area (Å²) in [6, 6.07) is 22.5. The summed E-state index contributed by atoms with van der Waals surface area (Å²) in [5, 5.41) is 0. The molecule has 4 atom stereocenters. The molecule has 1 heterocycles. The number of aryl methyl sites for hydroxylation is 2. The number of fused-ring (bicyclic) bond motifs is 5. The van der Waals surface area contributed by atoms with Crippen molar-refractivity contribution in [3.05, 3.63) is 119 Å². The van der Waals surface area contributed by atoms with Crippen LogP contribution in [-0.4, -0.2) is 11.8 Å². The van der Waals surface area contributed by atoms with Crippen molar-refractivity contribution in [2.24, 2.45) is 23.7 Å². The molecule has 3 aliphatic rings. The third-order valence-electron chi connectivity index (χ3n) is 7.47. The van der Waals surface area contributed by atoms with Crippen molar-refractivity contribution in [3.8, 4) is 0 Å². The second kappa shape index (κ2) is 7.63. The van der Waals surface area contributed by atoms with E-state index in [1.807, 2.05) is 0 Å². The second-order valence-electron chi connectivity index (χ2n) is 9.54. The summed E-state index contributed by atoms with van der Waals surface area (Å²) >= 11 is 0. The number of amides is 2. The van der Waals surface area contributed by atoms with Gasteiger partial charge in [-0.2, -0.15) is 0 Å². The van der Waals surface area contributed by atoms with Crippen LogP contribution >= 0.6 is 0 Å². The van der Waals surface area contributed by atoms with E-state index in [0.29, 0.717) is 5.69 Å². The lowest BCUT2D eigenvalue weighted by Gasteiger charge is -2.22. The maximum Gasteiger partial charge on any atom is 0.238 e. The third kappa shape index (κ3) is 3.02. The smallest absolute Gasteiger partial charge is 0.238 e. The Hall–Kier alpha value is -3.79. The zero-order chi connectivity index (χ0) is 23.6. The summed E-state index contributed by atoms with van der Waals surface area (Å²) in [6.45, 7) is 4.13. The third-order valence-corrected chi connectivity index (χ3v) is 7.47. The van der Waals surface area contributed by atoms with Crippen LogP contribution in [0.15, 0.2) is 90.5 Å². The lowest BCUT2D eigenvalue weighted by Crippen LogP contribution is -2.33. The topological polar surface area (TPSA) is 37.4 Å². The number of benzene rings is 3. The van der Waals surface area contributed by atoms with Crippen molar-refractivity contribution in [3.63, 3.8) is 0 Å². The minimum Gasteiger partial charge on any atom is -0.274 e. The van der Waals surface area contributed by atoms with Crippen LogP contribution in [0.4, 0.5) is 10.1 Å². The number of anilines is 1. The molecule has 2 amide bonds. The van der Waals surface area contributed by atoms with Gasteiger partial charge in [0.1, 0.15) is 5.82 Å². The zero-order valence-corrected chi connectivity index (χ0v) is 19.0. The molecule has 3 aromatic carbocycles. The monoisotopic (exact) mass is 449 g/mol. The predicted molar refractivity (Wildman–Crippen MR) is 130 cm³/mol. The molecular weight excluding hydrogens is 425 g/mol. The molecular formula is C30H24FNO2. The summed E-state index contributed by atoms with van der Waals surface area (Å²) in [6.07, 6.45) is 4.20. The van der Waals surface area contributed by atoms with Gasteiger partial charge in [0.2, 0.25) is 11.8 Å². The van der Waals surface area contributed by atoms with E-state index >= 15 is 0 Å². The van der Waals surface area contributed by atoms with Crippen LogP contribution in [0.1, 0.15) is 22.3 Å². The van der Waals surface area contributed by atoms with Gasteiger partial charge in [-0.05, 0) is 60.4 Å². The van der Waals surface area contributed by atoms with Gasteiger partial charge in [-0.15, -0.1) is 0 Å². The van der Waals surface area contributed by atoms with Crippen LogP contribution in [0.3, 0.4) is 0 Å². The number of carbonyl (C=O) groups is 2. The van der Waals surface area contributed by atoms with E-state index in [2.05, 4.69) is 74.5 Å². The van der Waals surface area contributed by atoms with Crippen LogP contribution in [0.25, 0.3) is 5.57 Å². The number of hydrogen-bond acceptors (Lipinski definition) is 2. The number of rotatable bonds is 3. The number of hydrogen-bond donors (Lipinski definition) is 0. The molecule has 3 nitrogen and oxygen atoms in total. The highest BCUT2D eigenvalue weighted by Gasteiger charge is 2.62. The maximum absolute atomic E-state index is 13.6. The second-order valence-corrected chi connectivity index (χ2v) is 9.54. The first-order valence-corrected chi connectivity index (χ1v) is 11.6. The number of imide groups is 1. The van der Waals surface area contributed by atoms with Crippen LogP contribution < -0.4 is 4.90 Å². The summed E-state index contributed by atoms with van der Waals surface area (Å²) < 4.78 is 13.4. The molecule has 2 aliphatic carbocycles. The molecule has 1 saturated carbocycles. The average Bonchev–Trinajstić information content (AvgIpc) is 3.47. The lowest BCUT2D eigenvalue weighted by molar-refractivity contribution is -0.122. The SMILES string of the molecule is Cc1ccc(C(=C2[C@H]3C=C[C@H]2[C@H]2C(=O)N(c4ccc(F)cc4)C(=O)[C@@H]23)c2ccc(C)cc2)cc1. The fraction of sp³-hybridized carbons (Fsp3) is 0.200. The molecule has 1 saturated heterocycles. The van der Waals surface area contributed by atoms with Gasteiger partial charge in [0.15, 0.2) is 0 Å². The summed E-state index contributed by atoms with van der Waals surface area (Å²) in [5.74, 6) is -1.88. The van der Waals surface area contributed by atoms with Crippen molar-refractivity contribution >= 4 is 23.1 Å². The molecule has 0 N–H and O–H groups in total. The standard InChI is InChI=1S/C30H24FNO2/c1-17-3-7-19(8-4-17)25(20-9-5-18(2)6-10-20)26-23-15-16-24(26)28-27(23)29(33)32(30(28)34)22-13-11-21(31)12-14-22/h3-16,23-24,27-28H,1-2H3/t23-,24-,27-,28-/m1/s1. The molecule has 2 fully saturated rings. The maximum atomic E-state index is 13.6. The molecule has 0 radical (unpaired) electrons. The van der Waals surface area contributed by atoms with Crippen LogP contribution in [-0.2, 0) is 9.59 Å². The number of carbonyl (C=O) groups excluding carboxylic acids is 2. The predicted octanol–water partition coefficient (Wildman–Crippen LogP) is 5.87. The summed E-state index contributed by atoms with van der Waals surface area (Å²) in [7, 11) is 0. The first-order chi connectivity index (χ1) is 16.4. The summed E-state index contributed by atoms with van der Waals surface area (Å²) in [5.41, 5.74) is 7.26. The minimum absolute atomic E-state index is 0.130. The molecule has 0 aromatic heterocycles. The van der Waals surface area contributed by atoms with E-state index < -0.39 is 17.7 Å². The average molecular weight is 450 g/mol. The number of halogens is 1. The van der Waals surface area contributed by atoms with E-state index in [-0.39, 0.29) is 23.7 Å². The quantitative estimate of drug-likeness (QED) is 0.371. The van der Waals surface area contributed by atoms with Crippen molar-refractivity contribution in [2.45, 2.75) is 13.8 Å². The normalized spacial score (nSPS) is 24.8. The fourth-order valence-corrected chi connectivity index (χ4v) is 5.88. The Balaban J connectivity index is 1.48. The van der Waals surface area contributed by atoms with Crippen LogP contribution in [0.2, 0.25) is 0 Å². The van der Waals surface area contributed by atoms with Crippen molar-refractivity contribution in [1.82, 2.24) is 0 Å². The largest absolute Gasteiger partial charge is 0.274 e. The molecule has 2 bridgehead atoms. The van der Waals surface area contributed by atoms with Crippen LogP contribution in [0.5, 0.6) is 0 Å². The first-order valence-electron chi connectivity index (χ1n) is 11.6. The van der Waals surface area contributed by atoms with Gasteiger partial charge in [-0.1, -0.05) is 71.8 Å². The van der Waals surface area contributed by atoms with Crippen molar-refractivity contribution in [1.29, 1.82) is 0 Å². The Morgan fingerprint density at radius 1 is 0.676 bits per heavy atom. The molecule has 3 aromatic rings. The fourth-order valence-electron chi connectivity index (χ4n) is 5.88. The Bertz CT molecular complexity index is 1290. The Kier molecular flexibility index (Phi) is 4.66. The van der Waals surface area contributed by atoms with E-state index in [9.17, 15) is 14.0 Å². The van der Waals surface area contributed by atoms with E-state index in [1.165, 1.54) is 40.3 Å². The molecule has 168 valence electrons. The van der Waals surface area contributed by atoms with Crippen molar-refractivity contribution in [2.75, 3.05) is 4.90 Å². The van der Waals surface area contributed by atoms with E-state index in [1.54, 1.807) is 0 Å². The Labute approximate surface area is 198 Å². The molecule has 0 unspecified atom stereocenters. The number of nitrogens with zero attached hydrogens (tertiary/aromatic N) is 1. The highest BCUT2D eigenvalue weighted by Crippen LogP contribution is 2.58. The van der Waals surface area contributed by atoms with Crippen molar-refractivity contribution < 1.29 is 14.0 Å². The Morgan fingerprint density at radius 2 is 1.12 bits per heavy atom. The molecule has 4 heteroatoms. The van der Waals surface area contributed by atoms with Gasteiger partial charge in [0.25, 0.3) is 0 Å². The molecule has 6 rings (SSSR count). The first kappa shape index (κ1) is 20.8. The lowest BCUT2D eigenvalue weighted by atomic mass is 9.85. The Morgan fingerprint density at radius 3 is 1.56 bits per heavy atom. The summed E-state index contributed by atoms with van der Waals surface area (Å²) in [4.78, 5) is 28.4. The minimum atomic E-state index is -0.423. The molecule has 1 aliphatic heterocycles. The molecule has 34 heavy (non-hydrogen) atoms. The zero-order valence-electron chi connectivity index (χ0n) is 19.0. The van der Waals surface area contributed by atoms with Gasteiger partial charge in [0, 0.05) is 11.8 Å². The van der Waals surface area contributed by atoms with Gasteiger partial charge in [-0.3, -0.25) is 9.59 Å². The van der Waals surface area contributed by atoms with E-state index in [4.69, 9.17) is 0 Å². The number of allylic oxidation sites excluding steroid dienone is 3. The van der Waals surface area contributed by atoms with E-state index in [0.717, 1.165) is 22.3 Å². The highest BCUT2D eigenvalue weighted by atomic mass is 19.1. The molecule has 0 spiro atoms. The highest BCUT2D eigenvalue weighted by molar-refractivity contribution is 6.23. The van der Waals surface area contributed by atoms with Gasteiger partial charge in [-0.25, -0.2) is 9.29 Å².